The van der Waals surface area contributed by atoms with Crippen molar-refractivity contribution < 1.29 is 37.8 Å². The van der Waals surface area contributed by atoms with E-state index in [0.29, 0.717) is 92.3 Å². The standard InChI is InChI=1S/C46H52F2N10O6/c1-26-5-4-14-64-45-34(20-49-54(45)3)38-17-30(15-27(2)50-38)42(61)53-46-51-37-8-6-28(16-39(37)58(46)21-26)22-56-12-13-57(24-32(56)25-59)44(63)29-10-11-55(23-29)31-18-35(47)41(36(48)19-31)33-7-9-40(60)52-43(33)62/h6,8,15-20,26,29,32-33,59H,4-5,7,9-14,21-25H2,1-3H3,(H,51,53,61)(H,52,60,62)/t26-,29-,32+,33-/m1/s1. The topological polar surface area (TPSA) is 180 Å². The second-order valence-corrected chi connectivity index (χ2v) is 17.6. The van der Waals surface area contributed by atoms with Crippen LogP contribution in [0.2, 0.25) is 0 Å². The number of nitrogens with zero attached hydrogens (tertiary/aromatic N) is 8. The van der Waals surface area contributed by atoms with E-state index in [-0.39, 0.29) is 55.3 Å². The molecule has 0 spiro atoms. The van der Waals surface area contributed by atoms with Gasteiger partial charge in [-0.3, -0.25) is 39.7 Å². The number of rotatable bonds is 6. The molecule has 3 aromatic heterocycles. The molecule has 2 aromatic carbocycles. The number of hydrogen-bond donors (Lipinski definition) is 3. The van der Waals surface area contributed by atoms with E-state index in [9.17, 15) is 24.3 Å². The van der Waals surface area contributed by atoms with Crippen molar-refractivity contribution in [3.8, 4) is 17.1 Å². The van der Waals surface area contributed by atoms with Gasteiger partial charge in [0.25, 0.3) is 5.91 Å². The van der Waals surface area contributed by atoms with Crippen LogP contribution in [0.4, 0.5) is 20.4 Å². The minimum atomic E-state index is -1.09. The molecular formula is C46H52F2N10O6. The first-order valence-corrected chi connectivity index (χ1v) is 22.0. The Kier molecular flexibility index (Phi) is 11.9. The van der Waals surface area contributed by atoms with Gasteiger partial charge < -0.3 is 24.2 Å². The molecule has 18 heteroatoms. The molecule has 4 aliphatic heterocycles. The second kappa shape index (κ2) is 17.7. The quantitative estimate of drug-likeness (QED) is 0.204. The average molecular weight is 879 g/mol. The highest BCUT2D eigenvalue weighted by atomic mass is 19.1. The number of aryl methyl sites for hydroxylation is 2. The zero-order chi connectivity index (χ0) is 44.8. The van der Waals surface area contributed by atoms with Crippen LogP contribution in [0, 0.1) is 30.4 Å². The van der Waals surface area contributed by atoms with E-state index in [1.807, 2.05) is 26.1 Å². The number of fused-ring (bicyclic) bond motifs is 7. The Balaban J connectivity index is 0.879. The van der Waals surface area contributed by atoms with Crippen molar-refractivity contribution in [1.29, 1.82) is 0 Å². The highest BCUT2D eigenvalue weighted by Gasteiger charge is 2.38. The van der Waals surface area contributed by atoms with Crippen molar-refractivity contribution in [2.75, 3.05) is 56.2 Å². The van der Waals surface area contributed by atoms with Crippen molar-refractivity contribution in [3.05, 3.63) is 82.7 Å². The third-order valence-corrected chi connectivity index (χ3v) is 13.1. The van der Waals surface area contributed by atoms with Crippen LogP contribution in [0.5, 0.6) is 5.88 Å². The number of nitrogens with one attached hydrogen (secondary N) is 2. The Morgan fingerprint density at radius 3 is 2.55 bits per heavy atom. The predicted octanol–water partition coefficient (Wildman–Crippen LogP) is 4.53. The highest BCUT2D eigenvalue weighted by Crippen LogP contribution is 2.35. The van der Waals surface area contributed by atoms with Crippen molar-refractivity contribution in [3.63, 3.8) is 0 Å². The molecule has 0 aliphatic carbocycles. The molecule has 4 amide bonds. The molecule has 0 radical (unpaired) electrons. The van der Waals surface area contributed by atoms with Gasteiger partial charge in [0.1, 0.15) is 11.6 Å². The van der Waals surface area contributed by atoms with Crippen LogP contribution in [-0.4, -0.2) is 115 Å². The number of aromatic nitrogens is 5. The molecule has 5 aromatic rings. The molecular weight excluding hydrogens is 827 g/mol. The summed E-state index contributed by atoms with van der Waals surface area (Å²) >= 11 is 0. The molecule has 16 nitrogen and oxygen atoms in total. The molecule has 2 bridgehead atoms. The van der Waals surface area contributed by atoms with Crippen LogP contribution in [-0.2, 0) is 34.5 Å². The van der Waals surface area contributed by atoms with Gasteiger partial charge >= 0.3 is 0 Å². The van der Waals surface area contributed by atoms with Crippen molar-refractivity contribution >= 4 is 46.3 Å². The number of benzene rings is 2. The van der Waals surface area contributed by atoms with Crippen molar-refractivity contribution in [2.45, 2.75) is 71.0 Å². The number of piperazine rings is 1. The summed E-state index contributed by atoms with van der Waals surface area (Å²) in [5.41, 5.74) is 4.95. The Labute approximate surface area is 368 Å². The summed E-state index contributed by atoms with van der Waals surface area (Å²) in [4.78, 5) is 67.0. The van der Waals surface area contributed by atoms with E-state index in [2.05, 4.69) is 38.2 Å². The minimum Gasteiger partial charge on any atom is -0.477 e. The fourth-order valence-corrected chi connectivity index (χ4v) is 9.65. The van der Waals surface area contributed by atoms with Gasteiger partial charge in [0.2, 0.25) is 29.5 Å². The maximum absolute atomic E-state index is 15.3. The number of ether oxygens (including phenoxy) is 1. The van der Waals surface area contributed by atoms with Crippen LogP contribution in [0.3, 0.4) is 0 Å². The molecule has 64 heavy (non-hydrogen) atoms. The molecule has 3 fully saturated rings. The van der Waals surface area contributed by atoms with Crippen LogP contribution in [0.15, 0.2) is 48.7 Å². The van der Waals surface area contributed by atoms with Gasteiger partial charge in [0, 0.05) is 81.8 Å². The van der Waals surface area contributed by atoms with E-state index >= 15 is 8.78 Å². The van der Waals surface area contributed by atoms with Gasteiger partial charge in [-0.15, -0.1) is 0 Å². The summed E-state index contributed by atoms with van der Waals surface area (Å²) in [5.74, 6) is -3.51. The number of hydrogen-bond acceptors (Lipinski definition) is 11. The first kappa shape index (κ1) is 43.0. The van der Waals surface area contributed by atoms with Gasteiger partial charge in [-0.25, -0.2) is 18.4 Å². The zero-order valence-corrected chi connectivity index (χ0v) is 36.1. The van der Waals surface area contributed by atoms with E-state index < -0.39 is 35.3 Å². The van der Waals surface area contributed by atoms with Gasteiger partial charge in [0.15, 0.2) is 0 Å². The molecule has 4 atom stereocenters. The Morgan fingerprint density at radius 2 is 1.77 bits per heavy atom. The largest absolute Gasteiger partial charge is 0.477 e. The average Bonchev–Trinajstić information content (AvgIpc) is 3.99. The van der Waals surface area contributed by atoms with E-state index in [0.717, 1.165) is 29.4 Å². The third kappa shape index (κ3) is 8.55. The Bertz CT molecular complexity index is 2620. The number of carbonyl (C=O) groups excluding carboxylic acids is 4. The van der Waals surface area contributed by atoms with Gasteiger partial charge in [-0.2, -0.15) is 5.10 Å². The second-order valence-electron chi connectivity index (χ2n) is 17.6. The maximum atomic E-state index is 15.3. The zero-order valence-electron chi connectivity index (χ0n) is 36.1. The lowest BCUT2D eigenvalue weighted by atomic mass is 9.89. The molecule has 0 saturated carbocycles. The number of aliphatic hydroxyl groups is 1. The number of pyridine rings is 1. The first-order chi connectivity index (χ1) is 30.8. The Hall–Kier alpha value is -6.27. The molecule has 336 valence electrons. The van der Waals surface area contributed by atoms with Crippen LogP contribution in [0.1, 0.15) is 72.1 Å². The molecule has 9 rings (SSSR count). The fraction of sp³-hybridized carbons (Fsp3) is 0.457. The summed E-state index contributed by atoms with van der Waals surface area (Å²) < 4.78 is 40.7. The van der Waals surface area contributed by atoms with Gasteiger partial charge in [-0.1, -0.05) is 13.0 Å². The summed E-state index contributed by atoms with van der Waals surface area (Å²) in [6, 6.07) is 11.6. The number of imidazole rings is 1. The molecule has 0 unspecified atom stereocenters. The third-order valence-electron chi connectivity index (χ3n) is 13.1. The van der Waals surface area contributed by atoms with E-state index in [4.69, 9.17) is 14.7 Å². The number of carbonyl (C=O) groups is 4. The van der Waals surface area contributed by atoms with Crippen LogP contribution in [0.25, 0.3) is 22.3 Å². The number of amides is 4. The summed E-state index contributed by atoms with van der Waals surface area (Å²) in [5, 5.41) is 20.2. The minimum absolute atomic E-state index is 0.00435. The monoisotopic (exact) mass is 878 g/mol. The van der Waals surface area contributed by atoms with Crippen LogP contribution < -0.4 is 20.3 Å². The summed E-state index contributed by atoms with van der Waals surface area (Å²) in [7, 11) is 1.82. The normalized spacial score (nSPS) is 22.3. The van der Waals surface area contributed by atoms with Crippen molar-refractivity contribution in [1.82, 2.24) is 39.4 Å². The van der Waals surface area contributed by atoms with E-state index in [1.54, 1.807) is 32.8 Å². The molecule has 3 N–H and O–H groups in total. The number of imide groups is 1. The molecule has 3 saturated heterocycles. The van der Waals surface area contributed by atoms with Gasteiger partial charge in [-0.05, 0) is 80.5 Å². The fourth-order valence-electron chi connectivity index (χ4n) is 9.65. The highest BCUT2D eigenvalue weighted by molar-refractivity contribution is 6.05. The van der Waals surface area contributed by atoms with Crippen molar-refractivity contribution in [2.24, 2.45) is 18.9 Å². The SMILES string of the molecule is Cc1cc2cc(n1)-c1cnn(C)c1OCCC[C@@H](C)Cn1c(nc3ccc(CN4CCN(C(=O)[C@@H]5CCN(c6cc(F)c([C@H]7CCC(=O)NC7=O)c(F)c6)C5)C[C@H]4CO)cc31)NC2=O. The smallest absolute Gasteiger partial charge is 0.258 e. The molecule has 7 heterocycles. The van der Waals surface area contributed by atoms with E-state index in [1.165, 1.54) is 12.1 Å². The number of aliphatic hydroxyl groups excluding tert-OH is 1. The summed E-state index contributed by atoms with van der Waals surface area (Å²) in [6.45, 7) is 7.46. The van der Waals surface area contributed by atoms with Gasteiger partial charge in [0.05, 0.1) is 59.6 Å². The predicted molar refractivity (Wildman–Crippen MR) is 232 cm³/mol. The first-order valence-electron chi connectivity index (χ1n) is 22.0. The number of anilines is 2. The molecule has 4 aliphatic rings. The lowest BCUT2D eigenvalue weighted by Crippen LogP contribution is -2.56. The number of halogens is 2. The Morgan fingerprint density at radius 1 is 0.953 bits per heavy atom. The van der Waals surface area contributed by atoms with Crippen LogP contribution >= 0.6 is 0 Å². The maximum Gasteiger partial charge on any atom is 0.258 e. The lowest BCUT2D eigenvalue weighted by Gasteiger charge is -2.41. The summed E-state index contributed by atoms with van der Waals surface area (Å²) in [6.07, 6.45) is 3.90. The number of piperidine rings is 1. The lowest BCUT2D eigenvalue weighted by molar-refractivity contribution is -0.138.